The number of anilines is 1. The molecule has 0 radical (unpaired) electrons. The van der Waals surface area contributed by atoms with Crippen molar-refractivity contribution in [3.8, 4) is 0 Å². The summed E-state index contributed by atoms with van der Waals surface area (Å²) < 4.78 is 5.03. The van der Waals surface area contributed by atoms with Gasteiger partial charge in [0.05, 0.1) is 24.0 Å². The van der Waals surface area contributed by atoms with Crippen molar-refractivity contribution in [3.05, 3.63) is 101 Å². The predicted octanol–water partition coefficient (Wildman–Crippen LogP) is 4.82. The van der Waals surface area contributed by atoms with Crippen molar-refractivity contribution in [2.24, 2.45) is 11.8 Å². The van der Waals surface area contributed by atoms with Gasteiger partial charge in [-0.05, 0) is 71.9 Å². The maximum absolute atomic E-state index is 14.2. The molecule has 3 aromatic carbocycles. The van der Waals surface area contributed by atoms with Crippen LogP contribution in [0.4, 0.5) is 5.69 Å². The number of hydrogen-bond donors (Lipinski definition) is 1. The van der Waals surface area contributed by atoms with Crippen LogP contribution >= 0.6 is 11.8 Å². The quantitative estimate of drug-likeness (QED) is 0.317. The van der Waals surface area contributed by atoms with Crippen LogP contribution in [-0.4, -0.2) is 53.2 Å². The van der Waals surface area contributed by atoms with Crippen LogP contribution in [0.2, 0.25) is 0 Å². The Kier molecular flexibility index (Phi) is 6.96. The summed E-state index contributed by atoms with van der Waals surface area (Å²) in [6.07, 6.45) is 2.28. The molecule has 40 heavy (non-hydrogen) atoms. The second-order valence-corrected chi connectivity index (χ2v) is 11.4. The molecular formula is C32H30N2O5S. The molecule has 0 aromatic heterocycles. The zero-order chi connectivity index (χ0) is 28.0. The first-order chi connectivity index (χ1) is 19.5. The number of carbonyl (C=O) groups is 4. The van der Waals surface area contributed by atoms with Crippen molar-refractivity contribution < 1.29 is 23.9 Å². The maximum atomic E-state index is 14.2. The van der Waals surface area contributed by atoms with Crippen LogP contribution in [-0.2, 0) is 19.1 Å². The minimum Gasteiger partial charge on any atom is -0.462 e. The lowest BCUT2D eigenvalue weighted by Gasteiger charge is -2.45. The van der Waals surface area contributed by atoms with Gasteiger partial charge >= 0.3 is 5.97 Å². The number of nitrogens with zero attached hydrogens (tertiary/aromatic N) is 1. The maximum Gasteiger partial charge on any atom is 0.338 e. The van der Waals surface area contributed by atoms with Crippen molar-refractivity contribution >= 4 is 41.1 Å². The number of ether oxygens (including phenoxy) is 1. The zero-order valence-electron chi connectivity index (χ0n) is 22.3. The summed E-state index contributed by atoms with van der Waals surface area (Å²) in [7, 11) is 0. The van der Waals surface area contributed by atoms with Crippen LogP contribution in [0, 0.1) is 11.8 Å². The van der Waals surface area contributed by atoms with Crippen LogP contribution < -0.4 is 5.32 Å². The number of imide groups is 1. The molecule has 204 valence electrons. The molecule has 7 rings (SSSR count). The normalized spacial score (nSPS) is 22.8. The molecule has 3 aliphatic carbocycles. The summed E-state index contributed by atoms with van der Waals surface area (Å²) in [5.41, 5.74) is 5.25. The highest BCUT2D eigenvalue weighted by Crippen LogP contribution is 2.61. The van der Waals surface area contributed by atoms with E-state index in [0.717, 1.165) is 22.3 Å². The second-order valence-electron chi connectivity index (χ2n) is 10.4. The van der Waals surface area contributed by atoms with Crippen LogP contribution in [0.25, 0.3) is 0 Å². The largest absolute Gasteiger partial charge is 0.462 e. The highest BCUT2D eigenvalue weighted by atomic mass is 32.2. The Balaban J connectivity index is 1.32. The van der Waals surface area contributed by atoms with Gasteiger partial charge < -0.3 is 10.1 Å². The van der Waals surface area contributed by atoms with E-state index < -0.39 is 29.8 Å². The van der Waals surface area contributed by atoms with Crippen molar-refractivity contribution in [1.29, 1.82) is 0 Å². The van der Waals surface area contributed by atoms with Gasteiger partial charge in [0.1, 0.15) is 6.04 Å². The lowest BCUT2D eigenvalue weighted by atomic mass is 9.55. The fraction of sp³-hybridized carbons (Fsp3) is 0.312. The molecule has 3 aromatic rings. The number of carbonyl (C=O) groups excluding carboxylic acids is 4. The summed E-state index contributed by atoms with van der Waals surface area (Å²) >= 11 is 1.56. The number of nitrogens with one attached hydrogen (secondary N) is 1. The number of benzene rings is 3. The van der Waals surface area contributed by atoms with E-state index in [-0.39, 0.29) is 30.3 Å². The van der Waals surface area contributed by atoms with Gasteiger partial charge in [-0.3, -0.25) is 19.3 Å². The van der Waals surface area contributed by atoms with Gasteiger partial charge in [-0.2, -0.15) is 11.8 Å². The Morgan fingerprint density at radius 1 is 0.850 bits per heavy atom. The lowest BCUT2D eigenvalue weighted by molar-refractivity contribution is -0.146. The van der Waals surface area contributed by atoms with Gasteiger partial charge in [0.15, 0.2) is 0 Å². The SMILES string of the molecule is CCOC(=O)c1ccc(NC(=O)[C@H](CCSC)N2C(=O)[C@H]3C4c5ccccc5C(c5ccccc54)[C@@H]3C2=O)cc1. The van der Waals surface area contributed by atoms with E-state index >= 15 is 0 Å². The first-order valence-corrected chi connectivity index (χ1v) is 15.0. The molecule has 4 aliphatic rings. The minimum atomic E-state index is -0.937. The Morgan fingerprint density at radius 3 is 1.80 bits per heavy atom. The Morgan fingerprint density at radius 2 is 1.35 bits per heavy atom. The van der Waals surface area contributed by atoms with E-state index in [1.807, 2.05) is 30.5 Å². The third-order valence-corrected chi connectivity index (χ3v) is 9.00. The van der Waals surface area contributed by atoms with Gasteiger partial charge in [-0.25, -0.2) is 4.79 Å². The van der Waals surface area contributed by atoms with E-state index in [1.165, 1.54) is 4.90 Å². The molecule has 1 saturated heterocycles. The lowest BCUT2D eigenvalue weighted by Crippen LogP contribution is -2.48. The Hall–Kier alpha value is -3.91. The molecule has 2 bridgehead atoms. The van der Waals surface area contributed by atoms with E-state index in [4.69, 9.17) is 4.74 Å². The monoisotopic (exact) mass is 554 g/mol. The molecule has 3 atom stereocenters. The smallest absolute Gasteiger partial charge is 0.338 e. The first kappa shape index (κ1) is 26.3. The average Bonchev–Trinajstić information content (AvgIpc) is 3.24. The van der Waals surface area contributed by atoms with E-state index in [1.54, 1.807) is 43.0 Å². The van der Waals surface area contributed by atoms with Crippen LogP contribution in [0.1, 0.15) is 57.8 Å². The first-order valence-electron chi connectivity index (χ1n) is 13.6. The van der Waals surface area contributed by atoms with Gasteiger partial charge in [0.25, 0.3) is 0 Å². The van der Waals surface area contributed by atoms with Crippen LogP contribution in [0.3, 0.4) is 0 Å². The third kappa shape index (κ3) is 4.13. The van der Waals surface area contributed by atoms with Crippen molar-refractivity contribution in [3.63, 3.8) is 0 Å². The molecule has 1 fully saturated rings. The second kappa shape index (κ2) is 10.6. The molecule has 0 saturated carbocycles. The molecule has 0 unspecified atom stereocenters. The molecule has 7 nitrogen and oxygen atoms in total. The van der Waals surface area contributed by atoms with Gasteiger partial charge in [-0.1, -0.05) is 48.5 Å². The number of hydrogen-bond acceptors (Lipinski definition) is 6. The molecule has 1 aliphatic heterocycles. The van der Waals surface area contributed by atoms with Gasteiger partial charge in [-0.15, -0.1) is 0 Å². The fourth-order valence-corrected chi connectivity index (χ4v) is 7.20. The van der Waals surface area contributed by atoms with Crippen molar-refractivity contribution in [2.45, 2.75) is 31.2 Å². The average molecular weight is 555 g/mol. The Labute approximate surface area is 237 Å². The Bertz CT molecular complexity index is 1390. The fourth-order valence-electron chi connectivity index (χ4n) is 6.74. The van der Waals surface area contributed by atoms with Crippen molar-refractivity contribution in [1.82, 2.24) is 4.90 Å². The number of thioether (sulfide) groups is 1. The van der Waals surface area contributed by atoms with E-state index in [9.17, 15) is 19.2 Å². The minimum absolute atomic E-state index is 0.219. The van der Waals surface area contributed by atoms with E-state index in [0.29, 0.717) is 23.4 Å². The highest BCUT2D eigenvalue weighted by Gasteiger charge is 2.62. The molecule has 1 N–H and O–H groups in total. The molecular weight excluding hydrogens is 524 g/mol. The van der Waals surface area contributed by atoms with Crippen LogP contribution in [0.15, 0.2) is 72.8 Å². The third-order valence-electron chi connectivity index (χ3n) is 8.36. The van der Waals surface area contributed by atoms with Crippen molar-refractivity contribution in [2.75, 3.05) is 23.9 Å². The van der Waals surface area contributed by atoms with E-state index in [2.05, 4.69) is 29.6 Å². The molecule has 8 heteroatoms. The summed E-state index contributed by atoms with van der Waals surface area (Å²) in [6, 6.07) is 21.7. The molecule has 0 spiro atoms. The van der Waals surface area contributed by atoms with Gasteiger partial charge in [0, 0.05) is 17.5 Å². The molecule has 1 heterocycles. The summed E-state index contributed by atoms with van der Waals surface area (Å²) in [5.74, 6) is -2.29. The summed E-state index contributed by atoms with van der Waals surface area (Å²) in [5, 5.41) is 2.87. The topological polar surface area (TPSA) is 92.8 Å². The van der Waals surface area contributed by atoms with Gasteiger partial charge in [0.2, 0.25) is 17.7 Å². The van der Waals surface area contributed by atoms with Crippen LogP contribution in [0.5, 0.6) is 0 Å². The predicted molar refractivity (Wildman–Crippen MR) is 153 cm³/mol. The molecule has 3 amide bonds. The summed E-state index contributed by atoms with van der Waals surface area (Å²) in [4.78, 5) is 55.3. The zero-order valence-corrected chi connectivity index (χ0v) is 23.1. The highest BCUT2D eigenvalue weighted by molar-refractivity contribution is 7.98. The number of amides is 3. The number of likely N-dealkylation sites (tertiary alicyclic amines) is 1. The number of esters is 1. The summed E-state index contributed by atoms with van der Waals surface area (Å²) in [6.45, 7) is 2.01. The number of rotatable bonds is 8. The standard InChI is InChI=1S/C32H30N2O5S/c1-3-39-32(38)18-12-14-19(15-13-18)33-29(35)24(16-17-40-2)34-30(36)27-25-20-8-4-5-9-21(20)26(28(27)31(34)37)23-11-7-6-10-22(23)25/h4-15,24-28H,3,16-17H2,1-2H3,(H,33,35)/t24-,25?,26?,27-,28-/m0/s1.